The van der Waals surface area contributed by atoms with Crippen LogP contribution in [-0.4, -0.2) is 6.03 Å². The molecule has 0 heterocycles. The molecule has 0 bridgehead atoms. The predicted octanol–water partition coefficient (Wildman–Crippen LogP) is 4.64. The van der Waals surface area contributed by atoms with E-state index in [1.165, 1.54) is 25.7 Å². The van der Waals surface area contributed by atoms with Crippen LogP contribution in [-0.2, 0) is 0 Å². The van der Waals surface area contributed by atoms with Crippen molar-refractivity contribution < 1.29 is 4.79 Å². The second-order valence-corrected chi connectivity index (χ2v) is 5.74. The number of carbonyl (C=O) groups excluding carboxylic acids is 1. The molecule has 1 aromatic carbocycles. The van der Waals surface area contributed by atoms with Gasteiger partial charge in [-0.05, 0) is 36.3 Å². The minimum atomic E-state index is -0.174. The Morgan fingerprint density at radius 1 is 1.25 bits per heavy atom. The third-order valence-corrected chi connectivity index (χ3v) is 3.81. The number of nitrogens with one attached hydrogen (secondary N) is 2. The zero-order chi connectivity index (χ0) is 14.4. The number of hydrogen-bond donors (Lipinski definition) is 2. The average molecular weight is 272 g/mol. The normalized spacial score (nSPS) is 15.9. The quantitative estimate of drug-likeness (QED) is 0.824. The summed E-state index contributed by atoms with van der Waals surface area (Å²) in [5.41, 5.74) is 2.04. The molecule has 108 valence electrons. The van der Waals surface area contributed by atoms with Gasteiger partial charge in [-0.1, -0.05) is 51.0 Å². The Balaban J connectivity index is 1.88. The number of hydrogen-bond acceptors (Lipinski definition) is 1. The largest absolute Gasteiger partial charge is 0.323 e. The number of urea groups is 1. The van der Waals surface area contributed by atoms with Gasteiger partial charge in [0.2, 0.25) is 0 Å². The van der Waals surface area contributed by atoms with Gasteiger partial charge in [0.1, 0.15) is 0 Å². The summed E-state index contributed by atoms with van der Waals surface area (Å²) in [6.45, 7) is 4.25. The highest BCUT2D eigenvalue weighted by Gasteiger charge is 2.11. The van der Waals surface area contributed by atoms with Crippen molar-refractivity contribution in [2.75, 3.05) is 5.32 Å². The van der Waals surface area contributed by atoms with Gasteiger partial charge in [0.15, 0.2) is 0 Å². The van der Waals surface area contributed by atoms with Gasteiger partial charge in [-0.15, -0.1) is 0 Å². The number of benzene rings is 1. The van der Waals surface area contributed by atoms with Gasteiger partial charge < -0.3 is 10.6 Å². The molecule has 1 saturated carbocycles. The maximum absolute atomic E-state index is 11.9. The first-order chi connectivity index (χ1) is 9.66. The Kier molecular flexibility index (Phi) is 5.22. The fourth-order valence-corrected chi connectivity index (χ4v) is 2.68. The Hall–Kier alpha value is -1.77. The highest BCUT2D eigenvalue weighted by atomic mass is 16.2. The molecule has 3 heteroatoms. The van der Waals surface area contributed by atoms with Crippen LogP contribution in [0.15, 0.2) is 36.5 Å². The molecule has 0 unspecified atom stereocenters. The minimum absolute atomic E-state index is 0.174. The number of rotatable bonds is 4. The standard InChI is InChI=1S/C17H24N2O/c1-13(2)15-9-5-6-10-16(15)19-17(20)18-12-11-14-7-3-4-8-14/h5-6,9-14H,3-4,7-8H2,1-2H3,(H2,18,19,20)/b12-11+. The summed E-state index contributed by atoms with van der Waals surface area (Å²) in [5, 5.41) is 5.71. The summed E-state index contributed by atoms with van der Waals surface area (Å²) >= 11 is 0. The van der Waals surface area contributed by atoms with E-state index in [0.29, 0.717) is 11.8 Å². The summed E-state index contributed by atoms with van der Waals surface area (Å²) in [6.07, 6.45) is 9.00. The molecule has 2 rings (SSSR count). The number of allylic oxidation sites excluding steroid dienone is 1. The third-order valence-electron chi connectivity index (χ3n) is 3.81. The molecule has 1 aliphatic rings. The second-order valence-electron chi connectivity index (χ2n) is 5.74. The maximum atomic E-state index is 11.9. The van der Waals surface area contributed by atoms with E-state index < -0.39 is 0 Å². The van der Waals surface area contributed by atoms with Crippen LogP contribution in [0.25, 0.3) is 0 Å². The summed E-state index contributed by atoms with van der Waals surface area (Å²) in [6, 6.07) is 7.76. The fourth-order valence-electron chi connectivity index (χ4n) is 2.68. The first kappa shape index (κ1) is 14.6. The predicted molar refractivity (Wildman–Crippen MR) is 83.8 cm³/mol. The highest BCUT2D eigenvalue weighted by Crippen LogP contribution is 2.25. The second kappa shape index (κ2) is 7.13. The lowest BCUT2D eigenvalue weighted by Gasteiger charge is -2.13. The van der Waals surface area contributed by atoms with Crippen molar-refractivity contribution in [3.63, 3.8) is 0 Å². The molecule has 20 heavy (non-hydrogen) atoms. The molecule has 0 saturated heterocycles. The smallest absolute Gasteiger partial charge is 0.315 e. The van der Waals surface area contributed by atoms with Crippen molar-refractivity contribution in [1.29, 1.82) is 0 Å². The van der Waals surface area contributed by atoms with Gasteiger partial charge >= 0.3 is 6.03 Å². The van der Waals surface area contributed by atoms with Crippen molar-refractivity contribution >= 4 is 11.7 Å². The van der Waals surface area contributed by atoms with E-state index in [4.69, 9.17) is 0 Å². The Bertz CT molecular complexity index is 474. The van der Waals surface area contributed by atoms with Crippen molar-refractivity contribution in [2.45, 2.75) is 45.4 Å². The molecule has 0 aliphatic heterocycles. The Labute approximate surface area is 121 Å². The van der Waals surface area contributed by atoms with Crippen LogP contribution >= 0.6 is 0 Å². The van der Waals surface area contributed by atoms with E-state index >= 15 is 0 Å². The molecule has 0 spiro atoms. The molecule has 1 fully saturated rings. The number of carbonyl (C=O) groups is 1. The molecular formula is C17H24N2O. The molecule has 3 nitrogen and oxygen atoms in total. The van der Waals surface area contributed by atoms with E-state index in [2.05, 4.69) is 36.6 Å². The maximum Gasteiger partial charge on any atom is 0.323 e. The Morgan fingerprint density at radius 2 is 1.95 bits per heavy atom. The van der Waals surface area contributed by atoms with Crippen LogP contribution < -0.4 is 10.6 Å². The van der Waals surface area contributed by atoms with E-state index in [9.17, 15) is 4.79 Å². The van der Waals surface area contributed by atoms with E-state index in [1.807, 2.05) is 18.2 Å². The molecule has 0 radical (unpaired) electrons. The lowest BCUT2D eigenvalue weighted by molar-refractivity contribution is 0.255. The van der Waals surface area contributed by atoms with Gasteiger partial charge in [0, 0.05) is 11.9 Å². The number of anilines is 1. The lowest BCUT2D eigenvalue weighted by atomic mass is 10.0. The van der Waals surface area contributed by atoms with Gasteiger partial charge in [0.25, 0.3) is 0 Å². The zero-order valence-corrected chi connectivity index (χ0v) is 12.4. The van der Waals surface area contributed by atoms with Crippen LogP contribution in [0.3, 0.4) is 0 Å². The van der Waals surface area contributed by atoms with Gasteiger partial charge in [-0.3, -0.25) is 0 Å². The Morgan fingerprint density at radius 3 is 2.65 bits per heavy atom. The zero-order valence-electron chi connectivity index (χ0n) is 12.4. The number of amides is 2. The first-order valence-electron chi connectivity index (χ1n) is 7.50. The van der Waals surface area contributed by atoms with Crippen LogP contribution in [0.2, 0.25) is 0 Å². The highest BCUT2D eigenvalue weighted by molar-refractivity contribution is 5.90. The number of para-hydroxylation sites is 1. The van der Waals surface area contributed by atoms with Crippen LogP contribution in [0.4, 0.5) is 10.5 Å². The van der Waals surface area contributed by atoms with E-state index in [-0.39, 0.29) is 6.03 Å². The molecule has 0 aromatic heterocycles. The lowest BCUT2D eigenvalue weighted by Crippen LogP contribution is -2.24. The molecule has 1 aromatic rings. The van der Waals surface area contributed by atoms with Crippen molar-refractivity contribution in [3.8, 4) is 0 Å². The first-order valence-corrected chi connectivity index (χ1v) is 7.50. The van der Waals surface area contributed by atoms with Crippen molar-refractivity contribution in [3.05, 3.63) is 42.1 Å². The SMILES string of the molecule is CC(C)c1ccccc1NC(=O)N/C=C/C1CCCC1. The molecule has 2 N–H and O–H groups in total. The van der Waals surface area contributed by atoms with Crippen LogP contribution in [0, 0.1) is 5.92 Å². The molecule has 2 amide bonds. The van der Waals surface area contributed by atoms with Gasteiger partial charge in [0.05, 0.1) is 0 Å². The van der Waals surface area contributed by atoms with Crippen LogP contribution in [0.5, 0.6) is 0 Å². The third kappa shape index (κ3) is 4.12. The van der Waals surface area contributed by atoms with Crippen molar-refractivity contribution in [2.24, 2.45) is 5.92 Å². The summed E-state index contributed by atoms with van der Waals surface area (Å²) in [5.74, 6) is 1.03. The summed E-state index contributed by atoms with van der Waals surface area (Å²) in [4.78, 5) is 11.9. The van der Waals surface area contributed by atoms with Gasteiger partial charge in [-0.25, -0.2) is 4.79 Å². The van der Waals surface area contributed by atoms with Crippen molar-refractivity contribution in [1.82, 2.24) is 5.32 Å². The topological polar surface area (TPSA) is 41.1 Å². The fraction of sp³-hybridized carbons (Fsp3) is 0.471. The monoisotopic (exact) mass is 272 g/mol. The molecule has 0 atom stereocenters. The van der Waals surface area contributed by atoms with Crippen LogP contribution in [0.1, 0.15) is 51.0 Å². The summed E-state index contributed by atoms with van der Waals surface area (Å²) < 4.78 is 0. The molecular weight excluding hydrogens is 248 g/mol. The van der Waals surface area contributed by atoms with Gasteiger partial charge in [-0.2, -0.15) is 0 Å². The van der Waals surface area contributed by atoms with E-state index in [0.717, 1.165) is 11.3 Å². The molecule has 1 aliphatic carbocycles. The minimum Gasteiger partial charge on any atom is -0.315 e. The summed E-state index contributed by atoms with van der Waals surface area (Å²) in [7, 11) is 0. The average Bonchev–Trinajstić information content (AvgIpc) is 2.92. The van der Waals surface area contributed by atoms with E-state index in [1.54, 1.807) is 6.20 Å².